The molecule has 1 fully saturated rings. The first-order valence-electron chi connectivity index (χ1n) is 10.6. The Bertz CT molecular complexity index is 320. The molecule has 2 atom stereocenters. The number of ketones is 1. The maximum absolute atomic E-state index is 12.9. The van der Waals surface area contributed by atoms with Gasteiger partial charge in [0.1, 0.15) is 5.78 Å². The van der Waals surface area contributed by atoms with Gasteiger partial charge in [-0.25, -0.2) is 0 Å². The first-order chi connectivity index (χ1) is 11.1. The minimum absolute atomic E-state index is 0.324. The predicted octanol–water partition coefficient (Wildman–Crippen LogP) is 7.33. The second kappa shape index (κ2) is 11.3. The summed E-state index contributed by atoms with van der Waals surface area (Å²) >= 11 is 0. The van der Waals surface area contributed by atoms with Gasteiger partial charge in [-0.2, -0.15) is 0 Å². The lowest BCUT2D eigenvalue weighted by molar-refractivity contribution is -0.130. The van der Waals surface area contributed by atoms with Gasteiger partial charge in [0.05, 0.1) is 0 Å². The molecule has 1 saturated carbocycles. The normalized spacial score (nSPS) is 25.0. The molecule has 0 spiro atoms. The minimum atomic E-state index is 0.324. The molecule has 1 aliphatic carbocycles. The average Bonchev–Trinajstić information content (AvgIpc) is 2.53. The van der Waals surface area contributed by atoms with Crippen molar-refractivity contribution in [1.29, 1.82) is 0 Å². The van der Waals surface area contributed by atoms with Crippen molar-refractivity contribution in [3.63, 3.8) is 0 Å². The molecule has 1 nitrogen and oxygen atoms in total. The minimum Gasteiger partial charge on any atom is -0.299 e. The van der Waals surface area contributed by atoms with E-state index in [-0.39, 0.29) is 0 Å². The summed E-state index contributed by atoms with van der Waals surface area (Å²) in [6, 6.07) is 0. The zero-order chi connectivity index (χ0) is 17.1. The molecule has 1 rings (SSSR count). The summed E-state index contributed by atoms with van der Waals surface area (Å²) in [5.74, 6) is 1.67. The molecular formula is C22H42O. The highest BCUT2D eigenvalue weighted by Crippen LogP contribution is 2.49. The van der Waals surface area contributed by atoms with E-state index < -0.39 is 0 Å². The molecule has 0 aromatic heterocycles. The van der Waals surface area contributed by atoms with Crippen molar-refractivity contribution in [1.82, 2.24) is 0 Å². The standard InChI is InChI=1S/C22H42O/c1-5-7-8-9-10-11-12-16-21(23)20-15-13-14-17-22(20,6-2)18-19(3)4/h19-20H,5-18H2,1-4H3. The van der Waals surface area contributed by atoms with E-state index in [0.717, 1.165) is 19.3 Å². The van der Waals surface area contributed by atoms with Gasteiger partial charge in [-0.1, -0.05) is 79.1 Å². The van der Waals surface area contributed by atoms with Gasteiger partial charge in [-0.15, -0.1) is 0 Å². The van der Waals surface area contributed by atoms with Gasteiger partial charge < -0.3 is 0 Å². The SMILES string of the molecule is CCCCCCCCCC(=O)C1CCCCC1(CC)CC(C)C. The van der Waals surface area contributed by atoms with E-state index in [2.05, 4.69) is 27.7 Å². The topological polar surface area (TPSA) is 17.1 Å². The van der Waals surface area contributed by atoms with Crippen LogP contribution in [0.2, 0.25) is 0 Å². The number of carbonyl (C=O) groups excluding carboxylic acids is 1. The third-order valence-electron chi connectivity index (χ3n) is 6.09. The molecule has 0 aromatic rings. The number of hydrogen-bond donors (Lipinski definition) is 0. The van der Waals surface area contributed by atoms with Gasteiger partial charge in [0.2, 0.25) is 0 Å². The van der Waals surface area contributed by atoms with Crippen molar-refractivity contribution in [3.8, 4) is 0 Å². The fourth-order valence-corrected chi connectivity index (χ4v) is 4.86. The largest absolute Gasteiger partial charge is 0.299 e. The van der Waals surface area contributed by atoms with E-state index in [9.17, 15) is 4.79 Å². The maximum Gasteiger partial charge on any atom is 0.136 e. The van der Waals surface area contributed by atoms with E-state index in [1.54, 1.807) is 0 Å². The Hall–Kier alpha value is -0.330. The number of rotatable bonds is 12. The van der Waals surface area contributed by atoms with Crippen LogP contribution in [0, 0.1) is 17.3 Å². The highest BCUT2D eigenvalue weighted by Gasteiger charge is 2.42. The average molecular weight is 323 g/mol. The van der Waals surface area contributed by atoms with Crippen LogP contribution in [-0.2, 0) is 4.79 Å². The quantitative estimate of drug-likeness (QED) is 0.344. The number of Topliss-reactive ketones (excluding diaryl/α,β-unsaturated/α-hetero) is 1. The van der Waals surface area contributed by atoms with Crippen LogP contribution >= 0.6 is 0 Å². The lowest BCUT2D eigenvalue weighted by Crippen LogP contribution is -2.39. The van der Waals surface area contributed by atoms with E-state index >= 15 is 0 Å². The van der Waals surface area contributed by atoms with Crippen molar-refractivity contribution in [2.45, 2.75) is 118 Å². The van der Waals surface area contributed by atoms with Crippen LogP contribution in [0.15, 0.2) is 0 Å². The highest BCUT2D eigenvalue weighted by molar-refractivity contribution is 5.81. The molecule has 1 heteroatoms. The molecule has 136 valence electrons. The summed E-state index contributed by atoms with van der Waals surface area (Å²) in [7, 11) is 0. The summed E-state index contributed by atoms with van der Waals surface area (Å²) in [6.07, 6.45) is 17.5. The van der Waals surface area contributed by atoms with Crippen LogP contribution in [-0.4, -0.2) is 5.78 Å². The Morgan fingerprint density at radius 3 is 2.26 bits per heavy atom. The molecule has 0 radical (unpaired) electrons. The van der Waals surface area contributed by atoms with E-state index in [1.165, 1.54) is 70.6 Å². The first-order valence-corrected chi connectivity index (χ1v) is 10.6. The van der Waals surface area contributed by atoms with Crippen molar-refractivity contribution in [3.05, 3.63) is 0 Å². The van der Waals surface area contributed by atoms with Gasteiger partial charge in [-0.3, -0.25) is 4.79 Å². The lowest BCUT2D eigenvalue weighted by Gasteiger charge is -2.44. The number of carbonyl (C=O) groups is 1. The first kappa shape index (κ1) is 20.7. The zero-order valence-electron chi connectivity index (χ0n) is 16.5. The van der Waals surface area contributed by atoms with Crippen LogP contribution in [0.3, 0.4) is 0 Å². The van der Waals surface area contributed by atoms with Crippen LogP contribution in [0.4, 0.5) is 0 Å². The zero-order valence-corrected chi connectivity index (χ0v) is 16.5. The monoisotopic (exact) mass is 322 g/mol. The van der Waals surface area contributed by atoms with Crippen LogP contribution < -0.4 is 0 Å². The Kier molecular flexibility index (Phi) is 10.1. The molecule has 0 N–H and O–H groups in total. The van der Waals surface area contributed by atoms with Crippen molar-refractivity contribution >= 4 is 5.78 Å². The molecular weight excluding hydrogens is 280 g/mol. The lowest BCUT2D eigenvalue weighted by atomic mass is 9.59. The molecule has 0 heterocycles. The summed E-state index contributed by atoms with van der Waals surface area (Å²) in [4.78, 5) is 12.9. The fraction of sp³-hybridized carbons (Fsp3) is 0.955. The molecule has 1 aliphatic rings. The molecule has 2 unspecified atom stereocenters. The van der Waals surface area contributed by atoms with E-state index in [1.807, 2.05) is 0 Å². The summed E-state index contributed by atoms with van der Waals surface area (Å²) in [5.41, 5.74) is 0.324. The maximum atomic E-state index is 12.9. The summed E-state index contributed by atoms with van der Waals surface area (Å²) in [6.45, 7) is 9.23. The number of unbranched alkanes of at least 4 members (excludes halogenated alkanes) is 6. The van der Waals surface area contributed by atoms with Gasteiger partial charge in [0.25, 0.3) is 0 Å². The second-order valence-electron chi connectivity index (χ2n) is 8.45. The molecule has 0 amide bonds. The molecule has 0 bridgehead atoms. The van der Waals surface area contributed by atoms with Gasteiger partial charge in [0, 0.05) is 12.3 Å². The third-order valence-corrected chi connectivity index (χ3v) is 6.09. The molecule has 0 aliphatic heterocycles. The molecule has 23 heavy (non-hydrogen) atoms. The molecule has 0 aromatic carbocycles. The molecule has 0 saturated heterocycles. The Labute approximate surface area is 146 Å². The van der Waals surface area contributed by atoms with Crippen LogP contribution in [0.1, 0.15) is 118 Å². The van der Waals surface area contributed by atoms with Crippen molar-refractivity contribution < 1.29 is 4.79 Å². The summed E-state index contributed by atoms with van der Waals surface area (Å²) in [5, 5.41) is 0. The van der Waals surface area contributed by atoms with Gasteiger partial charge in [-0.05, 0) is 43.4 Å². The third kappa shape index (κ3) is 6.98. The number of hydrogen-bond acceptors (Lipinski definition) is 1. The van der Waals surface area contributed by atoms with Crippen LogP contribution in [0.5, 0.6) is 0 Å². The Morgan fingerprint density at radius 2 is 1.65 bits per heavy atom. The van der Waals surface area contributed by atoms with Crippen LogP contribution in [0.25, 0.3) is 0 Å². The smallest absolute Gasteiger partial charge is 0.136 e. The fourth-order valence-electron chi connectivity index (χ4n) is 4.86. The van der Waals surface area contributed by atoms with E-state index in [0.29, 0.717) is 23.0 Å². The highest BCUT2D eigenvalue weighted by atomic mass is 16.1. The van der Waals surface area contributed by atoms with Crippen molar-refractivity contribution in [2.24, 2.45) is 17.3 Å². The Morgan fingerprint density at radius 1 is 1.00 bits per heavy atom. The van der Waals surface area contributed by atoms with Gasteiger partial charge in [0.15, 0.2) is 0 Å². The summed E-state index contributed by atoms with van der Waals surface area (Å²) < 4.78 is 0. The predicted molar refractivity (Wildman–Crippen MR) is 102 cm³/mol. The van der Waals surface area contributed by atoms with E-state index in [4.69, 9.17) is 0 Å². The van der Waals surface area contributed by atoms with Gasteiger partial charge >= 0.3 is 0 Å². The second-order valence-corrected chi connectivity index (χ2v) is 8.45. The Balaban J connectivity index is 2.42. The van der Waals surface area contributed by atoms with Crippen molar-refractivity contribution in [2.75, 3.05) is 0 Å².